The number of allylic oxidation sites excluding steroid dienone is 1. The zero-order chi connectivity index (χ0) is 15.7. The number of hydrogen-bond acceptors (Lipinski definition) is 2. The average molecular weight is 290 g/mol. The second kappa shape index (κ2) is 9.22. The van der Waals surface area contributed by atoms with Crippen LogP contribution in [0.2, 0.25) is 0 Å². The van der Waals surface area contributed by atoms with Crippen LogP contribution >= 0.6 is 0 Å². The molecule has 0 heterocycles. The number of rotatable bonds is 9. The van der Waals surface area contributed by atoms with Gasteiger partial charge < -0.3 is 9.84 Å². The van der Waals surface area contributed by atoms with Gasteiger partial charge >= 0.3 is 5.97 Å². The largest absolute Gasteiger partial charge is 0.490 e. The molecule has 3 nitrogen and oxygen atoms in total. The van der Waals surface area contributed by atoms with E-state index < -0.39 is 5.97 Å². The number of benzene rings is 1. The van der Waals surface area contributed by atoms with Crippen LogP contribution in [0.25, 0.3) is 5.57 Å². The zero-order valence-corrected chi connectivity index (χ0v) is 13.3. The van der Waals surface area contributed by atoms with E-state index in [1.54, 1.807) is 0 Å². The number of hydrogen-bond donors (Lipinski definition) is 1. The van der Waals surface area contributed by atoms with E-state index >= 15 is 0 Å². The standard InChI is InChI=1S/C18H26O3/c1-4-9-14(5-2)12-13-16(17(21-3)18(19)20)15-10-7-6-8-11-15/h6-8,10-11,14H,4-5,9,12-13H2,1-3H3,(H,19,20). The molecule has 1 aromatic carbocycles. The molecule has 3 heteroatoms. The lowest BCUT2D eigenvalue weighted by atomic mass is 9.90. The fraction of sp³-hybridized carbons (Fsp3) is 0.500. The Morgan fingerprint density at radius 3 is 2.33 bits per heavy atom. The third-order valence-electron chi connectivity index (χ3n) is 3.87. The molecule has 0 fully saturated rings. The highest BCUT2D eigenvalue weighted by Gasteiger charge is 2.18. The van der Waals surface area contributed by atoms with E-state index in [0.29, 0.717) is 5.92 Å². The SMILES string of the molecule is CCCC(CC)CCC(=C(OC)C(=O)O)c1ccccc1. The molecule has 1 N–H and O–H groups in total. The Labute approximate surface area is 127 Å². The molecule has 116 valence electrons. The van der Waals surface area contributed by atoms with Gasteiger partial charge in [0.15, 0.2) is 0 Å². The number of carboxylic acid groups (broad SMARTS) is 1. The van der Waals surface area contributed by atoms with Gasteiger partial charge in [0.2, 0.25) is 5.76 Å². The molecule has 0 amide bonds. The Balaban J connectivity index is 3.01. The molecule has 0 saturated heterocycles. The Morgan fingerprint density at radius 2 is 1.86 bits per heavy atom. The van der Waals surface area contributed by atoms with E-state index in [1.165, 1.54) is 20.0 Å². The van der Waals surface area contributed by atoms with Gasteiger partial charge in [-0.05, 0) is 24.3 Å². The van der Waals surface area contributed by atoms with Gasteiger partial charge in [0.05, 0.1) is 7.11 Å². The summed E-state index contributed by atoms with van der Waals surface area (Å²) in [5, 5.41) is 9.35. The molecule has 0 bridgehead atoms. The Bertz CT molecular complexity index is 463. The molecule has 0 aromatic heterocycles. The van der Waals surface area contributed by atoms with Crippen molar-refractivity contribution in [2.45, 2.75) is 46.0 Å². The molecule has 0 aliphatic rings. The molecular formula is C18H26O3. The maximum atomic E-state index is 11.4. The topological polar surface area (TPSA) is 46.5 Å². The summed E-state index contributed by atoms with van der Waals surface area (Å²) in [6.45, 7) is 4.38. The van der Waals surface area contributed by atoms with E-state index in [4.69, 9.17) is 4.74 Å². The van der Waals surface area contributed by atoms with Gasteiger partial charge in [0.1, 0.15) is 0 Å². The minimum Gasteiger partial charge on any atom is -0.490 e. The van der Waals surface area contributed by atoms with Crippen LogP contribution in [0, 0.1) is 5.92 Å². The first-order valence-corrected chi connectivity index (χ1v) is 7.69. The normalized spacial score (nSPS) is 13.5. The number of ether oxygens (including phenoxy) is 1. The molecular weight excluding hydrogens is 264 g/mol. The minimum atomic E-state index is -1.00. The first kappa shape index (κ1) is 17.3. The molecule has 0 spiro atoms. The first-order valence-electron chi connectivity index (χ1n) is 7.69. The van der Waals surface area contributed by atoms with Crippen molar-refractivity contribution in [1.82, 2.24) is 0 Å². The number of methoxy groups -OCH3 is 1. The van der Waals surface area contributed by atoms with Crippen LogP contribution in [-0.2, 0) is 9.53 Å². The third-order valence-corrected chi connectivity index (χ3v) is 3.87. The van der Waals surface area contributed by atoms with Crippen LogP contribution in [0.3, 0.4) is 0 Å². The van der Waals surface area contributed by atoms with Crippen LogP contribution < -0.4 is 0 Å². The predicted molar refractivity (Wildman–Crippen MR) is 85.9 cm³/mol. The number of aliphatic carboxylic acids is 1. The van der Waals surface area contributed by atoms with Gasteiger partial charge in [-0.3, -0.25) is 0 Å². The van der Waals surface area contributed by atoms with Crippen molar-refractivity contribution >= 4 is 11.5 Å². The van der Waals surface area contributed by atoms with E-state index in [-0.39, 0.29) is 5.76 Å². The predicted octanol–water partition coefficient (Wildman–Crippen LogP) is 4.74. The van der Waals surface area contributed by atoms with Crippen molar-refractivity contribution in [1.29, 1.82) is 0 Å². The van der Waals surface area contributed by atoms with Gasteiger partial charge in [0.25, 0.3) is 0 Å². The second-order valence-corrected chi connectivity index (χ2v) is 5.28. The van der Waals surface area contributed by atoms with Crippen LogP contribution in [0.15, 0.2) is 36.1 Å². The van der Waals surface area contributed by atoms with E-state index in [0.717, 1.165) is 30.4 Å². The monoisotopic (exact) mass is 290 g/mol. The lowest BCUT2D eigenvalue weighted by Gasteiger charge is -2.17. The highest BCUT2D eigenvalue weighted by Crippen LogP contribution is 2.28. The lowest BCUT2D eigenvalue weighted by Crippen LogP contribution is -2.08. The van der Waals surface area contributed by atoms with Crippen molar-refractivity contribution in [3.8, 4) is 0 Å². The maximum absolute atomic E-state index is 11.4. The summed E-state index contributed by atoms with van der Waals surface area (Å²) in [5.74, 6) is -0.298. The van der Waals surface area contributed by atoms with Crippen LogP contribution in [0.1, 0.15) is 51.5 Å². The highest BCUT2D eigenvalue weighted by molar-refractivity contribution is 5.94. The molecule has 0 saturated carbocycles. The Morgan fingerprint density at radius 1 is 1.19 bits per heavy atom. The summed E-state index contributed by atoms with van der Waals surface area (Å²) in [4.78, 5) is 11.4. The van der Waals surface area contributed by atoms with Crippen molar-refractivity contribution < 1.29 is 14.6 Å². The van der Waals surface area contributed by atoms with Crippen LogP contribution in [0.4, 0.5) is 0 Å². The molecule has 1 atom stereocenters. The van der Waals surface area contributed by atoms with Gasteiger partial charge in [-0.15, -0.1) is 0 Å². The number of carbonyl (C=O) groups is 1. The van der Waals surface area contributed by atoms with Crippen molar-refractivity contribution in [2.24, 2.45) is 5.92 Å². The van der Waals surface area contributed by atoms with E-state index in [1.807, 2.05) is 30.3 Å². The van der Waals surface area contributed by atoms with E-state index in [9.17, 15) is 9.90 Å². The van der Waals surface area contributed by atoms with E-state index in [2.05, 4.69) is 13.8 Å². The smallest absolute Gasteiger partial charge is 0.371 e. The van der Waals surface area contributed by atoms with Crippen LogP contribution in [-0.4, -0.2) is 18.2 Å². The third kappa shape index (κ3) is 5.25. The van der Waals surface area contributed by atoms with Crippen molar-refractivity contribution in [2.75, 3.05) is 7.11 Å². The maximum Gasteiger partial charge on any atom is 0.371 e. The fourth-order valence-electron chi connectivity index (χ4n) is 2.68. The zero-order valence-electron chi connectivity index (χ0n) is 13.3. The fourth-order valence-corrected chi connectivity index (χ4v) is 2.68. The molecule has 1 aromatic rings. The number of carboxylic acids is 1. The first-order chi connectivity index (χ1) is 10.1. The highest BCUT2D eigenvalue weighted by atomic mass is 16.5. The average Bonchev–Trinajstić information content (AvgIpc) is 2.50. The molecule has 0 aliphatic heterocycles. The van der Waals surface area contributed by atoms with Gasteiger partial charge in [-0.25, -0.2) is 4.79 Å². The lowest BCUT2D eigenvalue weighted by molar-refractivity contribution is -0.135. The summed E-state index contributed by atoms with van der Waals surface area (Å²) in [7, 11) is 1.43. The molecule has 21 heavy (non-hydrogen) atoms. The van der Waals surface area contributed by atoms with Crippen molar-refractivity contribution in [3.05, 3.63) is 41.7 Å². The van der Waals surface area contributed by atoms with Crippen LogP contribution in [0.5, 0.6) is 0 Å². The van der Waals surface area contributed by atoms with Gasteiger partial charge in [0, 0.05) is 5.57 Å². The second-order valence-electron chi connectivity index (χ2n) is 5.28. The minimum absolute atomic E-state index is 0.0625. The molecule has 0 aliphatic carbocycles. The molecule has 0 radical (unpaired) electrons. The summed E-state index contributed by atoms with van der Waals surface area (Å²) in [6.07, 6.45) is 5.21. The quantitative estimate of drug-likeness (QED) is 0.528. The molecule has 1 rings (SSSR count). The van der Waals surface area contributed by atoms with Gasteiger partial charge in [-0.1, -0.05) is 63.4 Å². The van der Waals surface area contributed by atoms with Gasteiger partial charge in [-0.2, -0.15) is 0 Å². The summed E-state index contributed by atoms with van der Waals surface area (Å²) in [5.41, 5.74) is 1.73. The Hall–Kier alpha value is -1.77. The summed E-state index contributed by atoms with van der Waals surface area (Å²) >= 11 is 0. The summed E-state index contributed by atoms with van der Waals surface area (Å²) < 4.78 is 5.13. The van der Waals surface area contributed by atoms with Crippen molar-refractivity contribution in [3.63, 3.8) is 0 Å². The summed E-state index contributed by atoms with van der Waals surface area (Å²) in [6, 6.07) is 9.66. The molecule has 1 unspecified atom stereocenters. The Kier molecular flexibility index (Phi) is 7.59.